The SMILES string of the molecule is FC(F)(F)c1cnc(NCc2ccc(-c3cc(C4CC4)ccn3)cc2)nc1OC1COC1. The predicted octanol–water partition coefficient (Wildman–Crippen LogP) is 4.82. The Morgan fingerprint density at radius 2 is 1.84 bits per heavy atom. The molecule has 1 aliphatic heterocycles. The number of rotatable bonds is 7. The van der Waals surface area contributed by atoms with Gasteiger partial charge in [-0.05, 0) is 42.0 Å². The fraction of sp³-hybridized carbons (Fsp3) is 0.348. The summed E-state index contributed by atoms with van der Waals surface area (Å²) in [5, 5.41) is 2.96. The smallest absolute Gasteiger partial charge is 0.423 e. The molecule has 2 aromatic heterocycles. The van der Waals surface area contributed by atoms with E-state index in [0.29, 0.717) is 12.5 Å². The molecule has 0 spiro atoms. The quantitative estimate of drug-likeness (QED) is 0.566. The van der Waals surface area contributed by atoms with Crippen LogP contribution in [0.2, 0.25) is 0 Å². The summed E-state index contributed by atoms with van der Waals surface area (Å²) in [6.45, 7) is 0.844. The summed E-state index contributed by atoms with van der Waals surface area (Å²) in [5.41, 5.74) is 3.21. The zero-order valence-corrected chi connectivity index (χ0v) is 17.1. The van der Waals surface area contributed by atoms with Crippen LogP contribution in [-0.2, 0) is 17.5 Å². The Hall–Kier alpha value is -3.20. The first kappa shape index (κ1) is 20.7. The van der Waals surface area contributed by atoms with E-state index in [9.17, 15) is 13.2 Å². The van der Waals surface area contributed by atoms with Gasteiger partial charge in [-0.3, -0.25) is 4.98 Å². The van der Waals surface area contributed by atoms with E-state index in [1.54, 1.807) is 0 Å². The molecule has 9 heteroatoms. The van der Waals surface area contributed by atoms with E-state index in [1.807, 2.05) is 30.5 Å². The van der Waals surface area contributed by atoms with Crippen LogP contribution in [0.3, 0.4) is 0 Å². The van der Waals surface area contributed by atoms with Gasteiger partial charge < -0.3 is 14.8 Å². The number of alkyl halides is 3. The third-order valence-electron chi connectivity index (χ3n) is 5.48. The summed E-state index contributed by atoms with van der Waals surface area (Å²) in [6.07, 6.45) is 0.0296. The van der Waals surface area contributed by atoms with Crippen LogP contribution in [0.15, 0.2) is 48.8 Å². The number of anilines is 1. The molecule has 0 unspecified atom stereocenters. The maximum Gasteiger partial charge on any atom is 0.423 e. The molecule has 0 amide bonds. The molecule has 1 N–H and O–H groups in total. The van der Waals surface area contributed by atoms with Crippen LogP contribution in [0.1, 0.15) is 35.4 Å². The minimum absolute atomic E-state index is 0.0659. The minimum atomic E-state index is -4.60. The zero-order valence-electron chi connectivity index (χ0n) is 17.1. The predicted molar refractivity (Wildman–Crippen MR) is 111 cm³/mol. The van der Waals surface area contributed by atoms with E-state index in [0.717, 1.165) is 23.0 Å². The summed E-state index contributed by atoms with van der Waals surface area (Å²) < 4.78 is 50.0. The van der Waals surface area contributed by atoms with Gasteiger partial charge in [0.15, 0.2) is 0 Å². The van der Waals surface area contributed by atoms with Gasteiger partial charge in [-0.15, -0.1) is 0 Å². The average molecular weight is 442 g/mol. The van der Waals surface area contributed by atoms with E-state index in [-0.39, 0.29) is 19.2 Å². The molecule has 0 atom stereocenters. The monoisotopic (exact) mass is 442 g/mol. The normalized spacial score (nSPS) is 16.5. The molecule has 2 fully saturated rings. The lowest BCUT2D eigenvalue weighted by molar-refractivity contribution is -0.142. The van der Waals surface area contributed by atoms with Crippen LogP contribution in [0, 0.1) is 0 Å². The number of halogens is 3. The van der Waals surface area contributed by atoms with Gasteiger partial charge in [0.05, 0.1) is 18.9 Å². The van der Waals surface area contributed by atoms with Crippen molar-refractivity contribution in [2.75, 3.05) is 18.5 Å². The van der Waals surface area contributed by atoms with Crippen LogP contribution in [-0.4, -0.2) is 34.3 Å². The average Bonchev–Trinajstić information content (AvgIpc) is 3.60. The van der Waals surface area contributed by atoms with Crippen molar-refractivity contribution in [3.8, 4) is 17.1 Å². The Morgan fingerprint density at radius 1 is 1.06 bits per heavy atom. The molecule has 32 heavy (non-hydrogen) atoms. The molecular weight excluding hydrogens is 421 g/mol. The summed E-state index contributed by atoms with van der Waals surface area (Å²) in [7, 11) is 0. The molecule has 1 saturated carbocycles. The van der Waals surface area contributed by atoms with Crippen LogP contribution < -0.4 is 10.1 Å². The highest BCUT2D eigenvalue weighted by atomic mass is 19.4. The molecule has 2 aliphatic rings. The van der Waals surface area contributed by atoms with Gasteiger partial charge in [-0.25, -0.2) is 4.98 Å². The van der Waals surface area contributed by atoms with Crippen LogP contribution in [0.25, 0.3) is 11.3 Å². The number of nitrogens with zero attached hydrogens (tertiary/aromatic N) is 3. The van der Waals surface area contributed by atoms with Gasteiger partial charge in [0.1, 0.15) is 11.7 Å². The maximum absolute atomic E-state index is 13.2. The van der Waals surface area contributed by atoms with Gasteiger partial charge in [-0.1, -0.05) is 24.3 Å². The lowest BCUT2D eigenvalue weighted by atomic mass is 10.1. The second-order valence-electron chi connectivity index (χ2n) is 7.99. The van der Waals surface area contributed by atoms with E-state index in [4.69, 9.17) is 9.47 Å². The molecule has 1 saturated heterocycles. The Bertz CT molecular complexity index is 1100. The number of aromatic nitrogens is 3. The van der Waals surface area contributed by atoms with E-state index in [1.165, 1.54) is 18.4 Å². The molecule has 3 heterocycles. The molecule has 0 bridgehead atoms. The van der Waals surface area contributed by atoms with Crippen molar-refractivity contribution >= 4 is 5.95 Å². The van der Waals surface area contributed by atoms with Crippen molar-refractivity contribution < 1.29 is 22.6 Å². The van der Waals surface area contributed by atoms with Crippen molar-refractivity contribution in [1.29, 1.82) is 0 Å². The molecule has 6 nitrogen and oxygen atoms in total. The largest absolute Gasteiger partial charge is 0.469 e. The second kappa shape index (κ2) is 8.38. The highest BCUT2D eigenvalue weighted by molar-refractivity contribution is 5.60. The first-order valence-corrected chi connectivity index (χ1v) is 10.4. The van der Waals surface area contributed by atoms with Crippen molar-refractivity contribution in [2.45, 2.75) is 37.6 Å². The highest BCUT2D eigenvalue weighted by Crippen LogP contribution is 2.40. The van der Waals surface area contributed by atoms with Crippen molar-refractivity contribution in [3.63, 3.8) is 0 Å². The number of benzene rings is 1. The van der Waals surface area contributed by atoms with Crippen LogP contribution >= 0.6 is 0 Å². The molecule has 5 rings (SSSR count). The lowest BCUT2D eigenvalue weighted by Gasteiger charge is -2.27. The zero-order chi connectivity index (χ0) is 22.1. The van der Waals surface area contributed by atoms with Crippen LogP contribution in [0.5, 0.6) is 5.88 Å². The van der Waals surface area contributed by atoms with Gasteiger partial charge >= 0.3 is 6.18 Å². The molecular formula is C23H21F3N4O2. The van der Waals surface area contributed by atoms with Gasteiger partial charge in [-0.2, -0.15) is 18.2 Å². The Morgan fingerprint density at radius 3 is 2.50 bits per heavy atom. The fourth-order valence-corrected chi connectivity index (χ4v) is 3.43. The molecule has 0 radical (unpaired) electrons. The summed E-state index contributed by atoms with van der Waals surface area (Å²) in [4.78, 5) is 12.2. The van der Waals surface area contributed by atoms with E-state index >= 15 is 0 Å². The first-order chi connectivity index (χ1) is 15.5. The minimum Gasteiger partial charge on any atom is -0.469 e. The molecule has 3 aromatic rings. The molecule has 166 valence electrons. The fourth-order valence-electron chi connectivity index (χ4n) is 3.43. The number of nitrogens with one attached hydrogen (secondary N) is 1. The van der Waals surface area contributed by atoms with Gasteiger partial charge in [0.25, 0.3) is 0 Å². The summed E-state index contributed by atoms with van der Waals surface area (Å²) >= 11 is 0. The van der Waals surface area contributed by atoms with E-state index < -0.39 is 23.7 Å². The maximum atomic E-state index is 13.2. The van der Waals surface area contributed by atoms with Crippen LogP contribution in [0.4, 0.5) is 19.1 Å². The Labute approximate surface area is 182 Å². The second-order valence-corrected chi connectivity index (χ2v) is 7.99. The molecule has 1 aromatic carbocycles. The lowest BCUT2D eigenvalue weighted by Crippen LogP contribution is -2.39. The number of hydrogen-bond acceptors (Lipinski definition) is 6. The first-order valence-electron chi connectivity index (χ1n) is 10.4. The van der Waals surface area contributed by atoms with Crippen molar-refractivity contribution in [1.82, 2.24) is 15.0 Å². The number of hydrogen-bond donors (Lipinski definition) is 1. The Balaban J connectivity index is 1.27. The third-order valence-corrected chi connectivity index (χ3v) is 5.48. The van der Waals surface area contributed by atoms with E-state index in [2.05, 4.69) is 32.4 Å². The van der Waals surface area contributed by atoms with Gasteiger partial charge in [0, 0.05) is 24.5 Å². The third kappa shape index (κ3) is 4.67. The summed E-state index contributed by atoms with van der Waals surface area (Å²) in [5.74, 6) is 0.242. The van der Waals surface area contributed by atoms with Crippen molar-refractivity contribution in [3.05, 3.63) is 65.5 Å². The summed E-state index contributed by atoms with van der Waals surface area (Å²) in [6, 6.07) is 12.1. The topological polar surface area (TPSA) is 69.2 Å². The highest BCUT2D eigenvalue weighted by Gasteiger charge is 2.37. The number of pyridine rings is 1. The standard InChI is InChI=1S/C23H21F3N4O2/c24-23(25,26)19-11-29-22(30-21(19)32-18-12-31-13-18)28-10-14-1-3-16(4-2-14)20-9-17(7-8-27-20)15-5-6-15/h1-4,7-9,11,15,18H,5-6,10,12-13H2,(H,28,29,30). The number of ether oxygens (including phenoxy) is 2. The molecule has 1 aliphatic carbocycles. The van der Waals surface area contributed by atoms with Crippen molar-refractivity contribution in [2.24, 2.45) is 0 Å². The Kier molecular flexibility index (Phi) is 5.42. The van der Waals surface area contributed by atoms with Gasteiger partial charge in [0.2, 0.25) is 11.8 Å².